The van der Waals surface area contributed by atoms with Crippen LogP contribution in [-0.2, 0) is 9.53 Å². The maximum absolute atomic E-state index is 11.1. The molecule has 0 atom stereocenters. The number of ether oxygens (including phenoxy) is 1. The van der Waals surface area contributed by atoms with Gasteiger partial charge in [-0.25, -0.2) is 0 Å². The van der Waals surface area contributed by atoms with Crippen molar-refractivity contribution in [1.29, 1.82) is 0 Å². The molecule has 0 radical (unpaired) electrons. The van der Waals surface area contributed by atoms with E-state index in [0.717, 1.165) is 6.42 Å². The largest absolute Gasteiger partial charge is 0.384 e. The summed E-state index contributed by atoms with van der Waals surface area (Å²) in [4.78, 5) is 11.1. The fourth-order valence-corrected chi connectivity index (χ4v) is 1.34. The first kappa shape index (κ1) is 8.72. The van der Waals surface area contributed by atoms with E-state index in [4.69, 9.17) is 4.74 Å². The zero-order chi connectivity index (χ0) is 8.10. The van der Waals surface area contributed by atoms with Gasteiger partial charge in [-0.3, -0.25) is 4.79 Å². The van der Waals surface area contributed by atoms with Gasteiger partial charge in [-0.05, 0) is 5.92 Å². The Kier molecular flexibility index (Phi) is 3.57. The van der Waals surface area contributed by atoms with Gasteiger partial charge in [-0.2, -0.15) is 0 Å². The van der Waals surface area contributed by atoms with Gasteiger partial charge >= 0.3 is 0 Å². The van der Waals surface area contributed by atoms with Gasteiger partial charge in [0.2, 0.25) is 0 Å². The van der Waals surface area contributed by atoms with Crippen LogP contribution in [0.3, 0.4) is 0 Å². The predicted molar refractivity (Wildman–Crippen MR) is 43.5 cm³/mol. The summed E-state index contributed by atoms with van der Waals surface area (Å²) in [5.74, 6) is 1.08. The summed E-state index contributed by atoms with van der Waals surface area (Å²) >= 11 is 0. The molecule has 0 unspecified atom stereocenters. The average Bonchev–Trinajstić information content (AvgIpc) is 1.93. The molecule has 0 bridgehead atoms. The quantitative estimate of drug-likeness (QED) is 0.606. The Morgan fingerprint density at radius 2 is 2.27 bits per heavy atom. The molecule has 0 spiro atoms. The van der Waals surface area contributed by atoms with E-state index in [1.165, 1.54) is 19.3 Å². The van der Waals surface area contributed by atoms with Crippen molar-refractivity contribution in [2.45, 2.75) is 32.1 Å². The van der Waals surface area contributed by atoms with Crippen molar-refractivity contribution >= 4 is 5.78 Å². The van der Waals surface area contributed by atoms with Gasteiger partial charge in [0.25, 0.3) is 0 Å². The molecule has 1 saturated carbocycles. The lowest BCUT2D eigenvalue weighted by atomic mass is 9.81. The number of rotatable bonds is 5. The lowest BCUT2D eigenvalue weighted by molar-refractivity contribution is -0.121. The first-order valence-electron chi connectivity index (χ1n) is 4.33. The van der Waals surface area contributed by atoms with Gasteiger partial charge in [-0.15, -0.1) is 0 Å². The normalized spacial score (nSPS) is 17.9. The summed E-state index contributed by atoms with van der Waals surface area (Å²) in [6.07, 6.45) is 5.25. The molecule has 0 N–H and O–H groups in total. The molecular formula is C9H16O2. The zero-order valence-electron chi connectivity index (χ0n) is 7.14. The van der Waals surface area contributed by atoms with Crippen LogP contribution in [0.15, 0.2) is 0 Å². The minimum absolute atomic E-state index is 0.372. The van der Waals surface area contributed by atoms with Crippen molar-refractivity contribution in [2.24, 2.45) is 5.92 Å². The van der Waals surface area contributed by atoms with Crippen LogP contribution in [0.25, 0.3) is 0 Å². The molecule has 1 rings (SSSR count). The number of carbonyl (C=O) groups is 1. The Labute approximate surface area is 67.9 Å². The van der Waals surface area contributed by atoms with Crippen LogP contribution in [0, 0.1) is 5.92 Å². The van der Waals surface area contributed by atoms with E-state index in [-0.39, 0.29) is 0 Å². The van der Waals surface area contributed by atoms with Crippen LogP contribution in [-0.4, -0.2) is 19.5 Å². The average molecular weight is 156 g/mol. The Bertz CT molecular complexity index is 128. The third-order valence-electron chi connectivity index (χ3n) is 2.33. The van der Waals surface area contributed by atoms with Gasteiger partial charge in [0.05, 0.1) is 6.61 Å². The lowest BCUT2D eigenvalue weighted by Gasteiger charge is -2.24. The third kappa shape index (κ3) is 3.02. The van der Waals surface area contributed by atoms with Gasteiger partial charge < -0.3 is 4.74 Å². The third-order valence-corrected chi connectivity index (χ3v) is 2.33. The van der Waals surface area contributed by atoms with Crippen LogP contribution in [0.2, 0.25) is 0 Å². The van der Waals surface area contributed by atoms with Crippen LogP contribution in [0.4, 0.5) is 0 Å². The molecular weight excluding hydrogens is 140 g/mol. The zero-order valence-corrected chi connectivity index (χ0v) is 7.14. The summed E-state index contributed by atoms with van der Waals surface area (Å²) in [5, 5.41) is 0. The molecule has 0 amide bonds. The molecule has 64 valence electrons. The molecule has 0 aromatic carbocycles. The molecule has 1 fully saturated rings. The molecule has 11 heavy (non-hydrogen) atoms. The van der Waals surface area contributed by atoms with E-state index in [2.05, 4.69) is 0 Å². The Morgan fingerprint density at radius 1 is 1.55 bits per heavy atom. The maximum Gasteiger partial charge on any atom is 0.135 e. The highest BCUT2D eigenvalue weighted by atomic mass is 16.5. The van der Waals surface area contributed by atoms with E-state index < -0.39 is 0 Å². The standard InChI is InChI=1S/C9H16O2/c1-11-6-5-9(10)7-8-3-2-4-8/h8H,2-7H2,1H3. The van der Waals surface area contributed by atoms with Crippen molar-refractivity contribution < 1.29 is 9.53 Å². The van der Waals surface area contributed by atoms with Crippen molar-refractivity contribution in [3.05, 3.63) is 0 Å². The number of hydrogen-bond donors (Lipinski definition) is 0. The summed E-state index contributed by atoms with van der Waals surface area (Å²) in [7, 11) is 1.64. The van der Waals surface area contributed by atoms with E-state index in [1.807, 2.05) is 0 Å². The fourth-order valence-electron chi connectivity index (χ4n) is 1.34. The Hall–Kier alpha value is -0.370. The van der Waals surface area contributed by atoms with Crippen LogP contribution >= 0.6 is 0 Å². The molecule has 0 aliphatic heterocycles. The maximum atomic E-state index is 11.1. The highest BCUT2D eigenvalue weighted by molar-refractivity contribution is 5.78. The Balaban J connectivity index is 2.00. The van der Waals surface area contributed by atoms with E-state index in [1.54, 1.807) is 7.11 Å². The van der Waals surface area contributed by atoms with E-state index in [9.17, 15) is 4.79 Å². The summed E-state index contributed by atoms with van der Waals surface area (Å²) in [5.41, 5.74) is 0. The number of ketones is 1. The summed E-state index contributed by atoms with van der Waals surface area (Å²) in [6.45, 7) is 0.589. The number of methoxy groups -OCH3 is 1. The number of hydrogen-bond acceptors (Lipinski definition) is 2. The second-order valence-corrected chi connectivity index (χ2v) is 3.28. The van der Waals surface area contributed by atoms with E-state index in [0.29, 0.717) is 24.7 Å². The molecule has 0 aromatic rings. The first-order valence-corrected chi connectivity index (χ1v) is 4.33. The molecule has 0 aromatic heterocycles. The molecule has 1 aliphatic carbocycles. The predicted octanol–water partition coefficient (Wildman–Crippen LogP) is 1.78. The monoisotopic (exact) mass is 156 g/mol. The minimum atomic E-state index is 0.372. The van der Waals surface area contributed by atoms with Gasteiger partial charge in [0.1, 0.15) is 5.78 Å². The fraction of sp³-hybridized carbons (Fsp3) is 0.889. The summed E-state index contributed by atoms with van der Waals surface area (Å²) in [6, 6.07) is 0. The molecule has 0 saturated heterocycles. The van der Waals surface area contributed by atoms with Crippen LogP contribution in [0.5, 0.6) is 0 Å². The van der Waals surface area contributed by atoms with Crippen molar-refractivity contribution in [1.82, 2.24) is 0 Å². The second kappa shape index (κ2) is 4.50. The molecule has 1 aliphatic rings. The number of carbonyl (C=O) groups excluding carboxylic acids is 1. The second-order valence-electron chi connectivity index (χ2n) is 3.28. The van der Waals surface area contributed by atoms with Gasteiger partial charge in [0.15, 0.2) is 0 Å². The van der Waals surface area contributed by atoms with Crippen LogP contribution in [0.1, 0.15) is 32.1 Å². The molecule has 0 heterocycles. The summed E-state index contributed by atoms with van der Waals surface area (Å²) < 4.78 is 4.82. The minimum Gasteiger partial charge on any atom is -0.384 e. The van der Waals surface area contributed by atoms with Crippen LogP contribution < -0.4 is 0 Å². The topological polar surface area (TPSA) is 26.3 Å². The Morgan fingerprint density at radius 3 is 2.73 bits per heavy atom. The smallest absolute Gasteiger partial charge is 0.135 e. The van der Waals surface area contributed by atoms with Gasteiger partial charge in [-0.1, -0.05) is 19.3 Å². The van der Waals surface area contributed by atoms with Gasteiger partial charge in [0, 0.05) is 20.0 Å². The SMILES string of the molecule is COCCC(=O)CC1CCC1. The van der Waals surface area contributed by atoms with Crippen molar-refractivity contribution in [3.63, 3.8) is 0 Å². The van der Waals surface area contributed by atoms with E-state index >= 15 is 0 Å². The first-order chi connectivity index (χ1) is 5.33. The molecule has 2 nitrogen and oxygen atoms in total. The highest BCUT2D eigenvalue weighted by Gasteiger charge is 2.19. The van der Waals surface area contributed by atoms with Crippen molar-refractivity contribution in [3.8, 4) is 0 Å². The lowest BCUT2D eigenvalue weighted by Crippen LogP contribution is -2.16. The number of Topliss-reactive ketones (excluding diaryl/α,β-unsaturated/α-hetero) is 1. The highest BCUT2D eigenvalue weighted by Crippen LogP contribution is 2.29. The van der Waals surface area contributed by atoms with Crippen molar-refractivity contribution in [2.75, 3.05) is 13.7 Å². The molecule has 2 heteroatoms.